The van der Waals surface area contributed by atoms with E-state index in [-0.39, 0.29) is 0 Å². The Bertz CT molecular complexity index is 480. The van der Waals surface area contributed by atoms with Gasteiger partial charge in [-0.3, -0.25) is 0 Å². The second-order valence-electron chi connectivity index (χ2n) is 3.67. The standard InChI is InChI=1S/C11H14N4O/c1-8-3-4-9(16-8)6-15(2)11-10(12)5-13-7-14-11/h3-5,7H,6,12H2,1-2H3. The molecule has 0 unspecified atom stereocenters. The van der Waals surface area contributed by atoms with E-state index in [1.54, 1.807) is 6.20 Å². The first-order valence-corrected chi connectivity index (χ1v) is 4.99. The Hall–Kier alpha value is -2.04. The lowest BCUT2D eigenvalue weighted by Crippen LogP contribution is -2.18. The molecule has 5 nitrogen and oxygen atoms in total. The van der Waals surface area contributed by atoms with Crippen LogP contribution in [-0.4, -0.2) is 17.0 Å². The van der Waals surface area contributed by atoms with Crippen LogP contribution in [0.1, 0.15) is 11.5 Å². The van der Waals surface area contributed by atoms with Gasteiger partial charge in [0, 0.05) is 7.05 Å². The molecular formula is C11H14N4O. The van der Waals surface area contributed by atoms with Crippen LogP contribution < -0.4 is 10.6 Å². The maximum atomic E-state index is 5.78. The van der Waals surface area contributed by atoms with Gasteiger partial charge in [-0.05, 0) is 19.1 Å². The van der Waals surface area contributed by atoms with Crippen LogP contribution >= 0.6 is 0 Å². The molecule has 0 amide bonds. The summed E-state index contributed by atoms with van der Waals surface area (Å²) >= 11 is 0. The molecule has 2 heterocycles. The fraction of sp³-hybridized carbons (Fsp3) is 0.273. The summed E-state index contributed by atoms with van der Waals surface area (Å²) in [6.45, 7) is 2.55. The first kappa shape index (κ1) is 10.5. The lowest BCUT2D eigenvalue weighted by molar-refractivity contribution is 0.481. The number of anilines is 2. The van der Waals surface area contributed by atoms with Crippen LogP contribution in [0, 0.1) is 6.92 Å². The molecule has 5 heteroatoms. The summed E-state index contributed by atoms with van der Waals surface area (Å²) in [5.74, 6) is 2.50. The number of nitrogens with two attached hydrogens (primary N) is 1. The number of nitrogens with zero attached hydrogens (tertiary/aromatic N) is 3. The highest BCUT2D eigenvalue weighted by Gasteiger charge is 2.09. The SMILES string of the molecule is Cc1ccc(CN(C)c2ncncc2N)o1. The summed E-state index contributed by atoms with van der Waals surface area (Å²) in [4.78, 5) is 9.91. The Labute approximate surface area is 93.9 Å². The summed E-state index contributed by atoms with van der Waals surface area (Å²) < 4.78 is 5.49. The molecule has 0 saturated heterocycles. The minimum Gasteiger partial charge on any atom is -0.464 e. The molecule has 0 spiro atoms. The average Bonchev–Trinajstić information content (AvgIpc) is 2.64. The first-order chi connectivity index (χ1) is 7.66. The molecule has 84 valence electrons. The zero-order valence-electron chi connectivity index (χ0n) is 9.34. The number of hydrogen-bond acceptors (Lipinski definition) is 5. The third kappa shape index (κ3) is 2.13. The maximum absolute atomic E-state index is 5.78. The molecule has 0 bridgehead atoms. The van der Waals surface area contributed by atoms with E-state index in [0.717, 1.165) is 11.5 Å². The van der Waals surface area contributed by atoms with E-state index in [1.165, 1.54) is 6.33 Å². The molecule has 0 aliphatic heterocycles. The van der Waals surface area contributed by atoms with Crippen LogP contribution in [0.5, 0.6) is 0 Å². The molecule has 0 aliphatic rings. The van der Waals surface area contributed by atoms with Gasteiger partial charge in [0.05, 0.1) is 18.4 Å². The third-order valence-corrected chi connectivity index (χ3v) is 2.27. The Balaban J connectivity index is 2.14. The van der Waals surface area contributed by atoms with Crippen molar-refractivity contribution in [2.75, 3.05) is 17.7 Å². The summed E-state index contributed by atoms with van der Waals surface area (Å²) in [6.07, 6.45) is 3.07. The molecule has 0 radical (unpaired) electrons. The highest BCUT2D eigenvalue weighted by atomic mass is 16.3. The molecule has 16 heavy (non-hydrogen) atoms. The van der Waals surface area contributed by atoms with E-state index < -0.39 is 0 Å². The summed E-state index contributed by atoms with van der Waals surface area (Å²) in [5, 5.41) is 0. The quantitative estimate of drug-likeness (QED) is 0.847. The van der Waals surface area contributed by atoms with Gasteiger partial charge in [-0.2, -0.15) is 0 Å². The minimum atomic E-state index is 0.563. The van der Waals surface area contributed by atoms with E-state index in [1.807, 2.05) is 31.0 Å². The van der Waals surface area contributed by atoms with Gasteiger partial charge in [0.1, 0.15) is 17.8 Å². The van der Waals surface area contributed by atoms with Crippen molar-refractivity contribution in [3.63, 3.8) is 0 Å². The second-order valence-corrected chi connectivity index (χ2v) is 3.67. The zero-order chi connectivity index (χ0) is 11.5. The Morgan fingerprint density at radius 2 is 2.25 bits per heavy atom. The molecule has 2 N–H and O–H groups in total. The van der Waals surface area contributed by atoms with Gasteiger partial charge in [-0.15, -0.1) is 0 Å². The highest BCUT2D eigenvalue weighted by molar-refractivity contribution is 5.60. The van der Waals surface area contributed by atoms with Gasteiger partial charge in [0.25, 0.3) is 0 Å². The van der Waals surface area contributed by atoms with Crippen molar-refractivity contribution in [1.82, 2.24) is 9.97 Å². The fourth-order valence-electron chi connectivity index (χ4n) is 1.53. The second kappa shape index (κ2) is 4.22. The summed E-state index contributed by atoms with van der Waals surface area (Å²) in [6, 6.07) is 3.88. The van der Waals surface area contributed by atoms with Crippen LogP contribution in [0.2, 0.25) is 0 Å². The predicted octanol–water partition coefficient (Wildman–Crippen LogP) is 1.60. The topological polar surface area (TPSA) is 68.2 Å². The van der Waals surface area contributed by atoms with Crippen molar-refractivity contribution in [3.05, 3.63) is 36.2 Å². The van der Waals surface area contributed by atoms with Gasteiger partial charge in [-0.25, -0.2) is 9.97 Å². The van der Waals surface area contributed by atoms with Gasteiger partial charge >= 0.3 is 0 Å². The van der Waals surface area contributed by atoms with Gasteiger partial charge in [0.2, 0.25) is 0 Å². The average molecular weight is 218 g/mol. The zero-order valence-corrected chi connectivity index (χ0v) is 9.34. The Morgan fingerprint density at radius 1 is 1.44 bits per heavy atom. The number of hydrogen-bond donors (Lipinski definition) is 1. The molecule has 2 aromatic rings. The van der Waals surface area contributed by atoms with E-state index >= 15 is 0 Å². The number of aryl methyl sites for hydroxylation is 1. The monoisotopic (exact) mass is 218 g/mol. The number of aromatic nitrogens is 2. The molecule has 2 aromatic heterocycles. The molecule has 2 rings (SSSR count). The van der Waals surface area contributed by atoms with Crippen LogP contribution in [0.15, 0.2) is 29.1 Å². The van der Waals surface area contributed by atoms with Crippen LogP contribution in [-0.2, 0) is 6.54 Å². The Morgan fingerprint density at radius 3 is 2.88 bits per heavy atom. The summed E-state index contributed by atoms with van der Waals surface area (Å²) in [5.41, 5.74) is 6.35. The minimum absolute atomic E-state index is 0.563. The molecule has 0 fully saturated rings. The molecule has 0 aliphatic carbocycles. The van der Waals surface area contributed by atoms with Crippen molar-refractivity contribution < 1.29 is 4.42 Å². The smallest absolute Gasteiger partial charge is 0.155 e. The summed E-state index contributed by atoms with van der Waals surface area (Å²) in [7, 11) is 1.91. The van der Waals surface area contributed by atoms with Crippen LogP contribution in [0.4, 0.5) is 11.5 Å². The molecule has 0 saturated carbocycles. The van der Waals surface area contributed by atoms with Crippen molar-refractivity contribution in [3.8, 4) is 0 Å². The number of nitrogen functional groups attached to an aromatic ring is 1. The van der Waals surface area contributed by atoms with E-state index in [2.05, 4.69) is 9.97 Å². The number of rotatable bonds is 3. The largest absolute Gasteiger partial charge is 0.464 e. The lowest BCUT2D eigenvalue weighted by Gasteiger charge is -2.17. The maximum Gasteiger partial charge on any atom is 0.155 e. The number of furan rings is 1. The Kier molecular flexibility index (Phi) is 2.76. The van der Waals surface area contributed by atoms with Crippen LogP contribution in [0.25, 0.3) is 0 Å². The van der Waals surface area contributed by atoms with Crippen LogP contribution in [0.3, 0.4) is 0 Å². The van der Waals surface area contributed by atoms with E-state index in [4.69, 9.17) is 10.2 Å². The fourth-order valence-corrected chi connectivity index (χ4v) is 1.53. The van der Waals surface area contributed by atoms with Crippen molar-refractivity contribution in [2.24, 2.45) is 0 Å². The van der Waals surface area contributed by atoms with Crippen molar-refractivity contribution >= 4 is 11.5 Å². The van der Waals surface area contributed by atoms with E-state index in [9.17, 15) is 0 Å². The molecular weight excluding hydrogens is 204 g/mol. The lowest BCUT2D eigenvalue weighted by atomic mass is 10.4. The highest BCUT2D eigenvalue weighted by Crippen LogP contribution is 2.19. The van der Waals surface area contributed by atoms with Crippen molar-refractivity contribution in [1.29, 1.82) is 0 Å². The first-order valence-electron chi connectivity index (χ1n) is 4.99. The third-order valence-electron chi connectivity index (χ3n) is 2.27. The van der Waals surface area contributed by atoms with Crippen molar-refractivity contribution in [2.45, 2.75) is 13.5 Å². The van der Waals surface area contributed by atoms with Gasteiger partial charge < -0.3 is 15.1 Å². The molecule has 0 atom stereocenters. The van der Waals surface area contributed by atoms with Gasteiger partial charge in [0.15, 0.2) is 5.82 Å². The predicted molar refractivity (Wildman–Crippen MR) is 62.0 cm³/mol. The molecule has 0 aromatic carbocycles. The van der Waals surface area contributed by atoms with Gasteiger partial charge in [-0.1, -0.05) is 0 Å². The normalized spacial score (nSPS) is 10.4. The van der Waals surface area contributed by atoms with E-state index in [0.29, 0.717) is 18.1 Å².